The zero-order valence-corrected chi connectivity index (χ0v) is 15.3. The highest BCUT2D eigenvalue weighted by Crippen LogP contribution is 2.24. The van der Waals surface area contributed by atoms with Gasteiger partial charge in [0.1, 0.15) is 0 Å². The van der Waals surface area contributed by atoms with Gasteiger partial charge < -0.3 is 24.8 Å². The van der Waals surface area contributed by atoms with Crippen molar-refractivity contribution in [2.75, 3.05) is 67.6 Å². The quantitative estimate of drug-likeness (QED) is 0.882. The Balaban J connectivity index is 1.31. The van der Waals surface area contributed by atoms with E-state index < -0.39 is 0 Å². The van der Waals surface area contributed by atoms with Crippen molar-refractivity contribution in [3.63, 3.8) is 0 Å². The van der Waals surface area contributed by atoms with Gasteiger partial charge in [-0.2, -0.15) is 9.36 Å². The fourth-order valence-corrected chi connectivity index (χ4v) is 3.79. The lowest BCUT2D eigenvalue weighted by Crippen LogP contribution is -2.50. The van der Waals surface area contributed by atoms with Crippen LogP contribution < -0.4 is 15.1 Å². The van der Waals surface area contributed by atoms with Crippen molar-refractivity contribution in [2.24, 2.45) is 0 Å². The SMILES string of the molecule is O=C(Nc1ccccc1)N1CCN(c2nc(N3CCOCC3)ns2)CC1. The van der Waals surface area contributed by atoms with Crippen LogP contribution in [0.5, 0.6) is 0 Å². The number of aromatic nitrogens is 2. The predicted octanol–water partition coefficient (Wildman–Crippen LogP) is 1.73. The first-order chi connectivity index (χ1) is 12.8. The Kier molecular flexibility index (Phi) is 5.16. The number of rotatable bonds is 3. The third-order valence-corrected chi connectivity index (χ3v) is 5.33. The molecule has 2 fully saturated rings. The van der Waals surface area contributed by atoms with Crippen molar-refractivity contribution in [1.82, 2.24) is 14.3 Å². The van der Waals surface area contributed by atoms with Gasteiger partial charge in [0, 0.05) is 56.5 Å². The molecule has 1 aromatic heterocycles. The maximum absolute atomic E-state index is 12.4. The number of carbonyl (C=O) groups is 1. The fraction of sp³-hybridized carbons (Fsp3) is 0.471. The summed E-state index contributed by atoms with van der Waals surface area (Å²) in [6.45, 7) is 6.00. The molecule has 9 heteroatoms. The molecule has 2 saturated heterocycles. The van der Waals surface area contributed by atoms with E-state index in [0.29, 0.717) is 13.1 Å². The maximum atomic E-state index is 12.4. The van der Waals surface area contributed by atoms with E-state index in [1.165, 1.54) is 11.5 Å². The van der Waals surface area contributed by atoms with Gasteiger partial charge in [0.2, 0.25) is 11.1 Å². The Hall–Kier alpha value is -2.39. The number of hydrogen-bond acceptors (Lipinski definition) is 7. The summed E-state index contributed by atoms with van der Waals surface area (Å²) < 4.78 is 9.86. The standard InChI is InChI=1S/C17H22N6O2S/c24-16(18-14-4-2-1-3-5-14)22-6-8-23(9-7-22)17-19-15(20-26-17)21-10-12-25-13-11-21/h1-5H,6-13H2,(H,18,24). The zero-order chi connectivity index (χ0) is 17.8. The number of para-hydroxylation sites is 1. The molecule has 0 radical (unpaired) electrons. The van der Waals surface area contributed by atoms with Crippen LogP contribution in [0.15, 0.2) is 30.3 Å². The molecule has 3 heterocycles. The Morgan fingerprint density at radius 1 is 1.00 bits per heavy atom. The summed E-state index contributed by atoms with van der Waals surface area (Å²) in [6.07, 6.45) is 0. The zero-order valence-electron chi connectivity index (χ0n) is 14.5. The molecule has 8 nitrogen and oxygen atoms in total. The van der Waals surface area contributed by atoms with Crippen LogP contribution in [0.4, 0.5) is 21.6 Å². The molecule has 2 aliphatic rings. The van der Waals surface area contributed by atoms with Crippen LogP contribution >= 0.6 is 11.5 Å². The molecular formula is C17H22N6O2S. The van der Waals surface area contributed by atoms with Gasteiger partial charge in [-0.1, -0.05) is 18.2 Å². The summed E-state index contributed by atoms with van der Waals surface area (Å²) in [7, 11) is 0. The highest BCUT2D eigenvalue weighted by molar-refractivity contribution is 7.09. The number of anilines is 3. The molecule has 138 valence electrons. The van der Waals surface area contributed by atoms with Crippen LogP contribution in [0.25, 0.3) is 0 Å². The van der Waals surface area contributed by atoms with Crippen LogP contribution in [-0.4, -0.2) is 72.8 Å². The van der Waals surface area contributed by atoms with Crippen LogP contribution in [0.3, 0.4) is 0 Å². The van der Waals surface area contributed by atoms with E-state index >= 15 is 0 Å². The lowest BCUT2D eigenvalue weighted by atomic mass is 10.3. The van der Waals surface area contributed by atoms with E-state index in [0.717, 1.165) is 56.2 Å². The average Bonchev–Trinajstić information content (AvgIpc) is 3.20. The van der Waals surface area contributed by atoms with Crippen LogP contribution in [0.1, 0.15) is 0 Å². The van der Waals surface area contributed by atoms with Gasteiger partial charge in [0.25, 0.3) is 0 Å². The first-order valence-electron chi connectivity index (χ1n) is 8.82. The number of amides is 2. The van der Waals surface area contributed by atoms with Gasteiger partial charge in [-0.25, -0.2) is 4.79 Å². The minimum Gasteiger partial charge on any atom is -0.378 e. The number of benzene rings is 1. The number of morpholine rings is 1. The molecule has 4 rings (SSSR count). The molecule has 0 spiro atoms. The molecule has 0 saturated carbocycles. The van der Waals surface area contributed by atoms with Crippen molar-refractivity contribution < 1.29 is 9.53 Å². The molecule has 26 heavy (non-hydrogen) atoms. The van der Waals surface area contributed by atoms with Gasteiger partial charge in [-0.05, 0) is 12.1 Å². The monoisotopic (exact) mass is 374 g/mol. The van der Waals surface area contributed by atoms with E-state index in [1.54, 1.807) is 0 Å². The minimum absolute atomic E-state index is 0.0536. The maximum Gasteiger partial charge on any atom is 0.321 e. The molecule has 0 bridgehead atoms. The van der Waals surface area contributed by atoms with Gasteiger partial charge in [-0.15, -0.1) is 0 Å². The second-order valence-electron chi connectivity index (χ2n) is 6.25. The van der Waals surface area contributed by atoms with E-state index in [9.17, 15) is 4.79 Å². The second kappa shape index (κ2) is 7.88. The molecule has 1 aromatic carbocycles. The molecular weight excluding hydrogens is 352 g/mol. The lowest BCUT2D eigenvalue weighted by molar-refractivity contribution is 0.122. The number of piperazine rings is 1. The number of ether oxygens (including phenoxy) is 1. The lowest BCUT2D eigenvalue weighted by Gasteiger charge is -2.34. The van der Waals surface area contributed by atoms with Crippen molar-refractivity contribution in [2.45, 2.75) is 0 Å². The van der Waals surface area contributed by atoms with E-state index in [1.807, 2.05) is 35.2 Å². The topological polar surface area (TPSA) is 73.8 Å². The van der Waals surface area contributed by atoms with E-state index in [2.05, 4.69) is 24.5 Å². The van der Waals surface area contributed by atoms with Crippen molar-refractivity contribution in [3.05, 3.63) is 30.3 Å². The van der Waals surface area contributed by atoms with E-state index in [4.69, 9.17) is 4.74 Å². The summed E-state index contributed by atoms with van der Waals surface area (Å²) in [5.41, 5.74) is 0.819. The van der Waals surface area contributed by atoms with Crippen molar-refractivity contribution >= 4 is 34.3 Å². The molecule has 0 atom stereocenters. The van der Waals surface area contributed by atoms with Crippen LogP contribution in [0.2, 0.25) is 0 Å². The fourth-order valence-electron chi connectivity index (χ4n) is 3.05. The Labute approximate surface area is 156 Å². The smallest absolute Gasteiger partial charge is 0.321 e. The molecule has 0 aliphatic carbocycles. The molecule has 2 aromatic rings. The van der Waals surface area contributed by atoms with Gasteiger partial charge >= 0.3 is 6.03 Å². The highest BCUT2D eigenvalue weighted by Gasteiger charge is 2.24. The first kappa shape index (κ1) is 17.0. The number of hydrogen-bond donors (Lipinski definition) is 1. The van der Waals surface area contributed by atoms with Crippen LogP contribution in [0, 0.1) is 0 Å². The predicted molar refractivity (Wildman–Crippen MR) is 102 cm³/mol. The summed E-state index contributed by atoms with van der Waals surface area (Å²) >= 11 is 1.43. The largest absolute Gasteiger partial charge is 0.378 e. The third-order valence-electron chi connectivity index (χ3n) is 4.56. The molecule has 0 unspecified atom stereocenters. The third kappa shape index (κ3) is 3.88. The van der Waals surface area contributed by atoms with Crippen LogP contribution in [-0.2, 0) is 4.74 Å². The van der Waals surface area contributed by atoms with Gasteiger partial charge in [-0.3, -0.25) is 0 Å². The second-order valence-corrected chi connectivity index (χ2v) is 6.98. The summed E-state index contributed by atoms with van der Waals surface area (Å²) in [4.78, 5) is 23.3. The van der Waals surface area contributed by atoms with Gasteiger partial charge in [0.05, 0.1) is 13.2 Å². The Morgan fingerprint density at radius 3 is 2.46 bits per heavy atom. The summed E-state index contributed by atoms with van der Waals surface area (Å²) in [5, 5.41) is 3.86. The number of nitrogens with zero attached hydrogens (tertiary/aromatic N) is 5. The van der Waals surface area contributed by atoms with Crippen molar-refractivity contribution in [3.8, 4) is 0 Å². The van der Waals surface area contributed by atoms with E-state index in [-0.39, 0.29) is 6.03 Å². The highest BCUT2D eigenvalue weighted by atomic mass is 32.1. The molecule has 1 N–H and O–H groups in total. The average molecular weight is 374 g/mol. The summed E-state index contributed by atoms with van der Waals surface area (Å²) in [5.74, 6) is 0.789. The van der Waals surface area contributed by atoms with Gasteiger partial charge in [0.15, 0.2) is 0 Å². The number of nitrogens with one attached hydrogen (secondary N) is 1. The normalized spacial score (nSPS) is 18.1. The molecule has 2 aliphatic heterocycles. The summed E-state index contributed by atoms with van der Waals surface area (Å²) in [6, 6.07) is 9.48. The van der Waals surface area contributed by atoms with Crippen molar-refractivity contribution in [1.29, 1.82) is 0 Å². The molecule has 2 amide bonds. The minimum atomic E-state index is -0.0536. The first-order valence-corrected chi connectivity index (χ1v) is 9.59. The number of carbonyl (C=O) groups excluding carboxylic acids is 1. The Morgan fingerprint density at radius 2 is 1.73 bits per heavy atom. The Bertz CT molecular complexity index is 726. The number of urea groups is 1.